The number of benzene rings is 4. The summed E-state index contributed by atoms with van der Waals surface area (Å²) < 4.78 is 27.7. The van der Waals surface area contributed by atoms with Gasteiger partial charge in [-0.2, -0.15) is 0 Å². The predicted octanol–water partition coefficient (Wildman–Crippen LogP) is 6.52. The molecule has 0 saturated heterocycles. The van der Waals surface area contributed by atoms with Crippen LogP contribution in [0.5, 0.6) is 0 Å². The van der Waals surface area contributed by atoms with Crippen LogP contribution in [-0.4, -0.2) is 19.3 Å². The SMILES string of the molecule is O=C(Nc1ccc(Nc2ccc(NS(=O)(=O)c3ccccc3)cc2)cc1)c1c2c(nc3ccccc13)CCC2. The number of rotatable bonds is 7. The number of anilines is 4. The maximum Gasteiger partial charge on any atom is 0.261 e. The van der Waals surface area contributed by atoms with Gasteiger partial charge in [0.1, 0.15) is 0 Å². The number of amides is 1. The number of aromatic nitrogens is 1. The number of nitrogens with one attached hydrogen (secondary N) is 3. The van der Waals surface area contributed by atoms with Crippen molar-refractivity contribution in [3.63, 3.8) is 0 Å². The molecule has 0 saturated carbocycles. The lowest BCUT2D eigenvalue weighted by Crippen LogP contribution is -2.15. The first-order valence-electron chi connectivity index (χ1n) is 12.7. The van der Waals surface area contributed by atoms with Crippen molar-refractivity contribution in [2.45, 2.75) is 24.2 Å². The zero-order valence-corrected chi connectivity index (χ0v) is 21.8. The van der Waals surface area contributed by atoms with Crippen LogP contribution in [0.25, 0.3) is 10.9 Å². The van der Waals surface area contributed by atoms with Gasteiger partial charge in [-0.05, 0) is 91.6 Å². The first-order valence-corrected chi connectivity index (χ1v) is 14.2. The van der Waals surface area contributed by atoms with Crippen molar-refractivity contribution in [3.05, 3.63) is 120 Å². The molecule has 39 heavy (non-hydrogen) atoms. The second-order valence-electron chi connectivity index (χ2n) is 9.44. The van der Waals surface area contributed by atoms with Crippen molar-refractivity contribution in [1.29, 1.82) is 0 Å². The van der Waals surface area contributed by atoms with Crippen LogP contribution in [0.3, 0.4) is 0 Å². The lowest BCUT2D eigenvalue weighted by atomic mass is 10.0. The average Bonchev–Trinajstić information content (AvgIpc) is 3.42. The number of carbonyl (C=O) groups excluding carboxylic acids is 1. The molecule has 0 fully saturated rings. The summed E-state index contributed by atoms with van der Waals surface area (Å²) in [5.41, 5.74) is 6.45. The van der Waals surface area contributed by atoms with Crippen LogP contribution < -0.4 is 15.4 Å². The summed E-state index contributed by atoms with van der Waals surface area (Å²) >= 11 is 0. The topological polar surface area (TPSA) is 100 Å². The van der Waals surface area contributed by atoms with Gasteiger partial charge in [0.25, 0.3) is 15.9 Å². The smallest absolute Gasteiger partial charge is 0.261 e. The first kappa shape index (κ1) is 24.6. The number of hydrogen-bond acceptors (Lipinski definition) is 5. The molecule has 0 bridgehead atoms. The van der Waals surface area contributed by atoms with E-state index >= 15 is 0 Å². The van der Waals surface area contributed by atoms with Crippen molar-refractivity contribution >= 4 is 49.6 Å². The number of nitrogens with zero attached hydrogens (tertiary/aromatic N) is 1. The van der Waals surface area contributed by atoms with Gasteiger partial charge in [0, 0.05) is 33.8 Å². The molecule has 0 spiro atoms. The molecular formula is C31H26N4O3S. The van der Waals surface area contributed by atoms with Crippen LogP contribution in [0.15, 0.2) is 108 Å². The molecule has 0 atom stereocenters. The maximum absolute atomic E-state index is 13.4. The third-order valence-corrected chi connectivity index (χ3v) is 8.17. The molecule has 8 heteroatoms. The van der Waals surface area contributed by atoms with Gasteiger partial charge in [-0.1, -0.05) is 36.4 Å². The number of pyridine rings is 1. The van der Waals surface area contributed by atoms with E-state index in [1.54, 1.807) is 54.6 Å². The molecule has 0 radical (unpaired) electrons. The number of aryl methyl sites for hydroxylation is 1. The molecule has 194 valence electrons. The van der Waals surface area contributed by atoms with Crippen molar-refractivity contribution in [2.75, 3.05) is 15.4 Å². The summed E-state index contributed by atoms with van der Waals surface area (Å²) in [5, 5.41) is 7.23. The molecule has 0 unspecified atom stereocenters. The Bertz CT molecular complexity index is 1770. The molecular weight excluding hydrogens is 508 g/mol. The fourth-order valence-corrected chi connectivity index (χ4v) is 5.98. The van der Waals surface area contributed by atoms with Crippen molar-refractivity contribution in [2.24, 2.45) is 0 Å². The van der Waals surface area contributed by atoms with Gasteiger partial charge >= 0.3 is 0 Å². The van der Waals surface area contributed by atoms with E-state index in [1.165, 1.54) is 0 Å². The summed E-state index contributed by atoms with van der Waals surface area (Å²) in [7, 11) is -3.64. The van der Waals surface area contributed by atoms with E-state index in [1.807, 2.05) is 48.5 Å². The van der Waals surface area contributed by atoms with Crippen LogP contribution in [0, 0.1) is 0 Å². The number of sulfonamides is 1. The largest absolute Gasteiger partial charge is 0.356 e. The van der Waals surface area contributed by atoms with E-state index in [9.17, 15) is 13.2 Å². The Hall–Kier alpha value is -4.69. The van der Waals surface area contributed by atoms with Crippen molar-refractivity contribution < 1.29 is 13.2 Å². The first-order chi connectivity index (χ1) is 19.0. The third-order valence-electron chi connectivity index (χ3n) is 6.77. The number of carbonyl (C=O) groups is 1. The fraction of sp³-hybridized carbons (Fsp3) is 0.0968. The van der Waals surface area contributed by atoms with Crippen molar-refractivity contribution in [1.82, 2.24) is 4.98 Å². The molecule has 3 N–H and O–H groups in total. The summed E-state index contributed by atoms with van der Waals surface area (Å²) in [6.45, 7) is 0. The predicted molar refractivity (Wildman–Crippen MR) is 155 cm³/mol. The normalized spacial score (nSPS) is 12.6. The lowest BCUT2D eigenvalue weighted by Gasteiger charge is -2.13. The minimum Gasteiger partial charge on any atom is -0.356 e. The fourth-order valence-electron chi connectivity index (χ4n) is 4.90. The average molecular weight is 535 g/mol. The van der Waals surface area contributed by atoms with E-state index in [2.05, 4.69) is 15.4 Å². The molecule has 1 aliphatic carbocycles. The van der Waals surface area contributed by atoms with Gasteiger partial charge in [0.15, 0.2) is 0 Å². The van der Waals surface area contributed by atoms with Crippen LogP contribution >= 0.6 is 0 Å². The van der Waals surface area contributed by atoms with E-state index in [0.717, 1.165) is 58.4 Å². The molecule has 6 rings (SSSR count). The molecule has 0 aliphatic heterocycles. The highest BCUT2D eigenvalue weighted by Crippen LogP contribution is 2.31. The maximum atomic E-state index is 13.4. The Labute approximate surface area is 227 Å². The molecule has 1 heterocycles. The van der Waals surface area contributed by atoms with Gasteiger partial charge < -0.3 is 10.6 Å². The quantitative estimate of drug-likeness (QED) is 0.221. The Morgan fingerprint density at radius 2 is 1.31 bits per heavy atom. The second kappa shape index (κ2) is 10.2. The van der Waals surface area contributed by atoms with E-state index < -0.39 is 10.0 Å². The van der Waals surface area contributed by atoms with Crippen LogP contribution in [0.2, 0.25) is 0 Å². The molecule has 7 nitrogen and oxygen atoms in total. The second-order valence-corrected chi connectivity index (χ2v) is 11.1. The summed E-state index contributed by atoms with van der Waals surface area (Å²) in [5.74, 6) is -0.124. The van der Waals surface area contributed by atoms with E-state index in [-0.39, 0.29) is 10.8 Å². The van der Waals surface area contributed by atoms with Crippen molar-refractivity contribution in [3.8, 4) is 0 Å². The van der Waals surface area contributed by atoms with Crippen LogP contribution in [0.1, 0.15) is 28.0 Å². The molecule has 1 amide bonds. The Balaban J connectivity index is 1.13. The molecule has 1 aromatic heterocycles. The Kier molecular flexibility index (Phi) is 6.46. The third kappa shape index (κ3) is 5.19. The van der Waals surface area contributed by atoms with E-state index in [0.29, 0.717) is 11.4 Å². The monoisotopic (exact) mass is 534 g/mol. The van der Waals surface area contributed by atoms with Gasteiger partial charge in [-0.3, -0.25) is 14.5 Å². The van der Waals surface area contributed by atoms with Gasteiger partial charge in [-0.25, -0.2) is 8.42 Å². The summed E-state index contributed by atoms with van der Waals surface area (Å²) in [6, 6.07) is 30.5. The number of hydrogen-bond donors (Lipinski definition) is 3. The van der Waals surface area contributed by atoms with Gasteiger partial charge in [-0.15, -0.1) is 0 Å². The standard InChI is InChI=1S/C31H26N4O3S/c36-31(30-26-9-4-5-11-28(26)34-29-12-6-10-27(29)30)33-23-15-13-21(14-16-23)32-22-17-19-24(20-18-22)35-39(37,38)25-7-2-1-3-8-25/h1-5,7-9,11,13-20,32,35H,6,10,12H2,(H,33,36). The molecule has 4 aromatic carbocycles. The zero-order valence-electron chi connectivity index (χ0n) is 21.0. The Morgan fingerprint density at radius 3 is 2.03 bits per heavy atom. The van der Waals surface area contributed by atoms with E-state index in [4.69, 9.17) is 4.98 Å². The minimum atomic E-state index is -3.64. The highest BCUT2D eigenvalue weighted by molar-refractivity contribution is 7.92. The number of fused-ring (bicyclic) bond motifs is 2. The minimum absolute atomic E-state index is 0.124. The lowest BCUT2D eigenvalue weighted by molar-refractivity contribution is 0.102. The molecule has 1 aliphatic rings. The zero-order chi connectivity index (χ0) is 26.8. The Morgan fingerprint density at radius 1 is 0.692 bits per heavy atom. The molecule has 5 aromatic rings. The number of para-hydroxylation sites is 1. The van der Waals surface area contributed by atoms with Crippen LogP contribution in [0.4, 0.5) is 22.7 Å². The van der Waals surface area contributed by atoms with Crippen LogP contribution in [-0.2, 0) is 22.9 Å². The highest BCUT2D eigenvalue weighted by Gasteiger charge is 2.23. The highest BCUT2D eigenvalue weighted by atomic mass is 32.2. The van der Waals surface area contributed by atoms with Gasteiger partial charge in [0.05, 0.1) is 16.0 Å². The summed E-state index contributed by atoms with van der Waals surface area (Å²) in [6.07, 6.45) is 2.78. The summed E-state index contributed by atoms with van der Waals surface area (Å²) in [4.78, 5) is 18.4. The van der Waals surface area contributed by atoms with Gasteiger partial charge in [0.2, 0.25) is 0 Å².